The van der Waals surface area contributed by atoms with Crippen molar-refractivity contribution >= 4 is 28.6 Å². The van der Waals surface area contributed by atoms with E-state index in [1.54, 1.807) is 13.1 Å². The second kappa shape index (κ2) is 7.14. The van der Waals surface area contributed by atoms with E-state index in [4.69, 9.17) is 9.26 Å². The fraction of sp³-hybridized carbons (Fsp3) is 0.118. The molecule has 7 nitrogen and oxygen atoms in total. The highest BCUT2D eigenvalue weighted by Gasteiger charge is 2.19. The van der Waals surface area contributed by atoms with Gasteiger partial charge < -0.3 is 9.26 Å². The van der Waals surface area contributed by atoms with Crippen LogP contribution in [0, 0.1) is 6.92 Å². The SMILES string of the molecule is Cc1nc(-c2ccccn2)sc1C(=O)OCc1nc(-c2cccs2)no1. The Morgan fingerprint density at radius 2 is 2.15 bits per heavy atom. The molecular weight excluding hydrogens is 372 g/mol. The minimum Gasteiger partial charge on any atom is -0.451 e. The number of rotatable bonds is 5. The number of thiophene rings is 1. The number of nitrogens with zero attached hydrogens (tertiary/aromatic N) is 4. The van der Waals surface area contributed by atoms with Crippen molar-refractivity contribution < 1.29 is 14.1 Å². The van der Waals surface area contributed by atoms with Crippen molar-refractivity contribution in [1.82, 2.24) is 20.1 Å². The van der Waals surface area contributed by atoms with Crippen LogP contribution in [-0.2, 0) is 11.3 Å². The van der Waals surface area contributed by atoms with Gasteiger partial charge in [-0.2, -0.15) is 4.98 Å². The molecule has 0 aromatic carbocycles. The largest absolute Gasteiger partial charge is 0.451 e. The van der Waals surface area contributed by atoms with E-state index in [-0.39, 0.29) is 12.5 Å². The zero-order valence-corrected chi connectivity index (χ0v) is 15.2. The molecule has 130 valence electrons. The molecule has 0 spiro atoms. The van der Waals surface area contributed by atoms with Crippen LogP contribution in [0.3, 0.4) is 0 Å². The van der Waals surface area contributed by atoms with Crippen LogP contribution in [0.2, 0.25) is 0 Å². The van der Waals surface area contributed by atoms with E-state index in [1.165, 1.54) is 22.7 Å². The first-order chi connectivity index (χ1) is 12.7. The standard InChI is InChI=1S/C17H12N4O3S2/c1-10-14(26-16(19-10)11-5-2-3-7-18-11)17(22)23-9-13-20-15(21-24-13)12-6-4-8-25-12/h2-8H,9H2,1H3. The Balaban J connectivity index is 1.45. The van der Waals surface area contributed by atoms with Crippen LogP contribution in [0.4, 0.5) is 0 Å². The smallest absolute Gasteiger partial charge is 0.350 e. The Labute approximate surface area is 156 Å². The fourth-order valence-corrected chi connectivity index (χ4v) is 3.78. The third-order valence-corrected chi connectivity index (χ3v) is 5.43. The van der Waals surface area contributed by atoms with Crippen molar-refractivity contribution in [1.29, 1.82) is 0 Å². The molecule has 0 aliphatic carbocycles. The molecule has 0 saturated heterocycles. The maximum absolute atomic E-state index is 12.4. The molecule has 4 rings (SSSR count). The number of thiazole rings is 1. The Bertz CT molecular complexity index is 1030. The Kier molecular flexibility index (Phi) is 4.55. The monoisotopic (exact) mass is 384 g/mol. The lowest BCUT2D eigenvalue weighted by molar-refractivity contribution is 0.0434. The summed E-state index contributed by atoms with van der Waals surface area (Å²) in [6.45, 7) is 1.68. The zero-order chi connectivity index (χ0) is 17.9. The average molecular weight is 384 g/mol. The van der Waals surface area contributed by atoms with E-state index < -0.39 is 5.97 Å². The molecule has 0 saturated carbocycles. The summed E-state index contributed by atoms with van der Waals surface area (Å²) in [5.41, 5.74) is 1.32. The number of esters is 1. The highest BCUT2D eigenvalue weighted by atomic mass is 32.1. The maximum atomic E-state index is 12.4. The summed E-state index contributed by atoms with van der Waals surface area (Å²) in [5.74, 6) is 0.254. The lowest BCUT2D eigenvalue weighted by atomic mass is 10.3. The van der Waals surface area contributed by atoms with Gasteiger partial charge in [0.25, 0.3) is 5.89 Å². The molecule has 0 fully saturated rings. The molecule has 0 bridgehead atoms. The summed E-state index contributed by atoms with van der Waals surface area (Å²) in [7, 11) is 0. The highest BCUT2D eigenvalue weighted by Crippen LogP contribution is 2.27. The Morgan fingerprint density at radius 1 is 1.23 bits per heavy atom. The first-order valence-corrected chi connectivity index (χ1v) is 9.33. The third-order valence-electron chi connectivity index (χ3n) is 3.40. The number of aromatic nitrogens is 4. The van der Waals surface area contributed by atoms with Gasteiger partial charge in [-0.15, -0.1) is 22.7 Å². The van der Waals surface area contributed by atoms with Crippen LogP contribution in [0.15, 0.2) is 46.4 Å². The van der Waals surface area contributed by atoms with E-state index in [2.05, 4.69) is 20.1 Å². The van der Waals surface area contributed by atoms with Crippen molar-refractivity contribution in [3.05, 3.63) is 58.4 Å². The summed E-state index contributed by atoms with van der Waals surface area (Å²) in [6.07, 6.45) is 1.69. The predicted octanol–water partition coefficient (Wildman–Crippen LogP) is 3.98. The molecule has 0 aliphatic heterocycles. The number of hydrogen-bond donors (Lipinski definition) is 0. The third kappa shape index (κ3) is 3.39. The predicted molar refractivity (Wildman–Crippen MR) is 96.8 cm³/mol. The molecule has 0 aliphatic rings. The van der Waals surface area contributed by atoms with Gasteiger partial charge in [0.2, 0.25) is 5.82 Å². The van der Waals surface area contributed by atoms with Gasteiger partial charge in [0.05, 0.1) is 16.3 Å². The quantitative estimate of drug-likeness (QED) is 0.481. The van der Waals surface area contributed by atoms with Crippen LogP contribution >= 0.6 is 22.7 Å². The van der Waals surface area contributed by atoms with E-state index in [9.17, 15) is 4.79 Å². The molecule has 4 aromatic heterocycles. The number of carbonyl (C=O) groups is 1. The normalized spacial score (nSPS) is 10.8. The Morgan fingerprint density at radius 3 is 2.92 bits per heavy atom. The summed E-state index contributed by atoms with van der Waals surface area (Å²) in [5, 5.41) is 6.49. The summed E-state index contributed by atoms with van der Waals surface area (Å²) in [4.78, 5) is 26.6. The van der Waals surface area contributed by atoms with Crippen LogP contribution < -0.4 is 0 Å². The molecule has 0 N–H and O–H groups in total. The number of carbonyl (C=O) groups excluding carboxylic acids is 1. The molecule has 0 amide bonds. The van der Waals surface area contributed by atoms with E-state index in [1.807, 2.05) is 35.7 Å². The first-order valence-electron chi connectivity index (χ1n) is 7.63. The van der Waals surface area contributed by atoms with Gasteiger partial charge >= 0.3 is 5.97 Å². The average Bonchev–Trinajstić information content (AvgIpc) is 3.40. The number of hydrogen-bond acceptors (Lipinski definition) is 9. The summed E-state index contributed by atoms with van der Waals surface area (Å²) >= 11 is 2.75. The molecule has 0 unspecified atom stereocenters. The molecular formula is C17H12N4O3S2. The van der Waals surface area contributed by atoms with Crippen LogP contribution in [0.5, 0.6) is 0 Å². The van der Waals surface area contributed by atoms with Gasteiger partial charge in [0.15, 0.2) is 6.61 Å². The van der Waals surface area contributed by atoms with Crippen LogP contribution in [0.25, 0.3) is 21.4 Å². The van der Waals surface area contributed by atoms with Gasteiger partial charge in [-0.3, -0.25) is 4.98 Å². The van der Waals surface area contributed by atoms with Crippen molar-refractivity contribution in [3.63, 3.8) is 0 Å². The Hall–Kier alpha value is -2.91. The van der Waals surface area contributed by atoms with Crippen LogP contribution in [0.1, 0.15) is 21.3 Å². The van der Waals surface area contributed by atoms with Gasteiger partial charge in [-0.25, -0.2) is 9.78 Å². The first kappa shape index (κ1) is 16.6. The summed E-state index contributed by atoms with van der Waals surface area (Å²) in [6, 6.07) is 9.34. The number of aryl methyl sites for hydroxylation is 1. The molecule has 4 aromatic rings. The lowest BCUT2D eigenvalue weighted by Gasteiger charge is -1.99. The number of pyridine rings is 1. The van der Waals surface area contributed by atoms with Crippen molar-refractivity contribution in [2.45, 2.75) is 13.5 Å². The number of ether oxygens (including phenoxy) is 1. The van der Waals surface area contributed by atoms with Gasteiger partial charge in [-0.05, 0) is 30.5 Å². The molecule has 9 heteroatoms. The van der Waals surface area contributed by atoms with E-state index in [0.717, 1.165) is 10.6 Å². The fourth-order valence-electron chi connectivity index (χ4n) is 2.20. The minimum atomic E-state index is -0.474. The second-order valence-corrected chi connectivity index (χ2v) is 7.16. The molecule has 0 radical (unpaired) electrons. The highest BCUT2D eigenvalue weighted by molar-refractivity contribution is 7.17. The maximum Gasteiger partial charge on any atom is 0.350 e. The zero-order valence-electron chi connectivity index (χ0n) is 13.6. The van der Waals surface area contributed by atoms with Gasteiger partial charge in [0, 0.05) is 6.20 Å². The molecule has 4 heterocycles. The van der Waals surface area contributed by atoms with E-state index in [0.29, 0.717) is 21.4 Å². The van der Waals surface area contributed by atoms with Crippen molar-refractivity contribution in [2.75, 3.05) is 0 Å². The molecule has 0 atom stereocenters. The molecule has 26 heavy (non-hydrogen) atoms. The van der Waals surface area contributed by atoms with Crippen LogP contribution in [-0.4, -0.2) is 26.1 Å². The second-order valence-electron chi connectivity index (χ2n) is 5.21. The minimum absolute atomic E-state index is 0.0898. The van der Waals surface area contributed by atoms with Gasteiger partial charge in [0.1, 0.15) is 9.88 Å². The topological polar surface area (TPSA) is 91.0 Å². The van der Waals surface area contributed by atoms with Crippen molar-refractivity contribution in [2.24, 2.45) is 0 Å². The lowest BCUT2D eigenvalue weighted by Crippen LogP contribution is -2.05. The van der Waals surface area contributed by atoms with E-state index >= 15 is 0 Å². The summed E-state index contributed by atoms with van der Waals surface area (Å²) < 4.78 is 10.4. The van der Waals surface area contributed by atoms with Crippen molar-refractivity contribution in [3.8, 4) is 21.4 Å². The van der Waals surface area contributed by atoms with Gasteiger partial charge in [-0.1, -0.05) is 17.3 Å².